The molecular formula is C31H34ClNO6. The molecule has 2 heterocycles. The van der Waals surface area contributed by atoms with E-state index >= 15 is 0 Å². The van der Waals surface area contributed by atoms with Crippen LogP contribution in [0.3, 0.4) is 0 Å². The van der Waals surface area contributed by atoms with Gasteiger partial charge in [0.25, 0.3) is 0 Å². The minimum Gasteiger partial charge on any atom is -0.497 e. The molecule has 0 N–H and O–H groups in total. The maximum absolute atomic E-state index is 13.5. The maximum Gasteiger partial charge on any atom is 0.227 e. The fourth-order valence-electron chi connectivity index (χ4n) is 5.05. The topological polar surface area (TPSA) is 66.5 Å². The predicted molar refractivity (Wildman–Crippen MR) is 150 cm³/mol. The van der Waals surface area contributed by atoms with Gasteiger partial charge in [-0.15, -0.1) is 0 Å². The van der Waals surface area contributed by atoms with Crippen LogP contribution >= 0.6 is 11.6 Å². The molecule has 1 saturated heterocycles. The number of hydrogen-bond donors (Lipinski definition) is 0. The quantitative estimate of drug-likeness (QED) is 0.345. The highest BCUT2D eigenvalue weighted by atomic mass is 35.5. The van der Waals surface area contributed by atoms with Crippen molar-refractivity contribution in [2.75, 3.05) is 40.6 Å². The number of benzene rings is 3. The molecule has 0 spiro atoms. The number of methoxy groups -OCH3 is 2. The number of hydrogen-bond acceptors (Lipinski definition) is 6. The number of ether oxygens (including phenoxy) is 5. The van der Waals surface area contributed by atoms with Crippen LogP contribution in [-0.4, -0.2) is 57.5 Å². The van der Waals surface area contributed by atoms with Gasteiger partial charge in [0.1, 0.15) is 24.7 Å². The van der Waals surface area contributed by atoms with Crippen molar-refractivity contribution >= 4 is 17.5 Å². The van der Waals surface area contributed by atoms with Gasteiger partial charge in [-0.05, 0) is 72.9 Å². The summed E-state index contributed by atoms with van der Waals surface area (Å²) in [5.74, 6) is 2.63. The Hall–Kier alpha value is -3.42. The van der Waals surface area contributed by atoms with Gasteiger partial charge in [-0.2, -0.15) is 0 Å². The van der Waals surface area contributed by atoms with E-state index in [-0.39, 0.29) is 18.4 Å². The number of amides is 1. The molecule has 2 aliphatic rings. The molecule has 2 aliphatic heterocycles. The Morgan fingerprint density at radius 3 is 2.67 bits per heavy atom. The first kappa shape index (κ1) is 27.2. The molecule has 8 heteroatoms. The second kappa shape index (κ2) is 12.6. The van der Waals surface area contributed by atoms with Gasteiger partial charge in [0.2, 0.25) is 5.91 Å². The van der Waals surface area contributed by atoms with E-state index in [1.165, 1.54) is 0 Å². The zero-order valence-corrected chi connectivity index (χ0v) is 23.2. The lowest BCUT2D eigenvalue weighted by Crippen LogP contribution is -2.33. The third-order valence-corrected chi connectivity index (χ3v) is 7.37. The highest BCUT2D eigenvalue weighted by molar-refractivity contribution is 6.30. The number of fused-ring (bicyclic) bond motifs is 1. The van der Waals surface area contributed by atoms with E-state index in [4.69, 9.17) is 35.3 Å². The zero-order chi connectivity index (χ0) is 27.2. The van der Waals surface area contributed by atoms with Crippen molar-refractivity contribution < 1.29 is 28.5 Å². The second-order valence-corrected chi connectivity index (χ2v) is 10.2. The van der Waals surface area contributed by atoms with Crippen molar-refractivity contribution in [1.29, 1.82) is 0 Å². The summed E-state index contributed by atoms with van der Waals surface area (Å²) in [6, 6.07) is 17.2. The van der Waals surface area contributed by atoms with Crippen molar-refractivity contribution in [2.45, 2.75) is 38.3 Å². The smallest absolute Gasteiger partial charge is 0.227 e. The minimum atomic E-state index is -0.0239. The Bertz CT molecular complexity index is 1310. The number of carbonyl (C=O) groups excluding carboxylic acids is 1. The van der Waals surface area contributed by atoms with Crippen molar-refractivity contribution in [3.05, 3.63) is 70.7 Å². The van der Waals surface area contributed by atoms with E-state index in [2.05, 4.69) is 6.07 Å². The first-order valence-corrected chi connectivity index (χ1v) is 13.7. The van der Waals surface area contributed by atoms with Gasteiger partial charge in [-0.25, -0.2) is 0 Å². The van der Waals surface area contributed by atoms with E-state index in [0.29, 0.717) is 54.3 Å². The molecule has 0 aliphatic carbocycles. The molecule has 3 aromatic rings. The largest absolute Gasteiger partial charge is 0.497 e. The summed E-state index contributed by atoms with van der Waals surface area (Å²) in [6.07, 6.45) is 3.45. The average molecular weight is 552 g/mol. The van der Waals surface area contributed by atoms with Gasteiger partial charge in [-0.3, -0.25) is 4.79 Å². The zero-order valence-electron chi connectivity index (χ0n) is 22.4. The summed E-state index contributed by atoms with van der Waals surface area (Å²) in [4.78, 5) is 15.3. The molecule has 0 saturated carbocycles. The summed E-state index contributed by atoms with van der Waals surface area (Å²) in [7, 11) is 3.21. The molecule has 0 bridgehead atoms. The molecule has 1 atom stereocenters. The van der Waals surface area contributed by atoms with Crippen LogP contribution in [0.4, 0.5) is 0 Å². The molecule has 1 fully saturated rings. The fraction of sp³-hybridized carbons (Fsp3) is 0.387. The molecule has 39 heavy (non-hydrogen) atoms. The second-order valence-electron chi connectivity index (χ2n) is 9.79. The first-order chi connectivity index (χ1) is 19.0. The predicted octanol–water partition coefficient (Wildman–Crippen LogP) is 5.94. The van der Waals surface area contributed by atoms with Crippen molar-refractivity contribution in [2.24, 2.45) is 0 Å². The summed E-state index contributed by atoms with van der Waals surface area (Å²) in [5.41, 5.74) is 3.57. The summed E-state index contributed by atoms with van der Waals surface area (Å²) in [5, 5.41) is 0.654. The Kier molecular flexibility index (Phi) is 8.79. The summed E-state index contributed by atoms with van der Waals surface area (Å²) in [6.45, 7) is 2.43. The van der Waals surface area contributed by atoms with E-state index in [0.717, 1.165) is 48.1 Å². The SMILES string of the molecule is COc1ccc(OC)c(CC(=O)N2CCOc3c(cc(-c4cccc(Cl)c4)cc3OCC3CCCCO3)C2)c1. The molecule has 7 nitrogen and oxygen atoms in total. The average Bonchev–Trinajstić information content (AvgIpc) is 3.19. The Balaban J connectivity index is 1.43. The standard InChI is InChI=1S/C31H34ClNO6/c1-35-26-9-10-28(36-2)23(16-26)18-30(34)33-11-13-38-31-24(19-33)14-22(21-6-5-7-25(32)15-21)17-29(31)39-20-27-8-3-4-12-37-27/h5-7,9-10,14-17,27H,3-4,8,11-13,18-20H2,1-2H3. The lowest BCUT2D eigenvalue weighted by atomic mass is 10.0. The fourth-order valence-corrected chi connectivity index (χ4v) is 5.25. The Labute approximate surface area is 234 Å². The molecule has 0 aromatic heterocycles. The van der Waals surface area contributed by atoms with Gasteiger partial charge in [0.05, 0.1) is 33.3 Å². The summed E-state index contributed by atoms with van der Waals surface area (Å²) >= 11 is 6.31. The third kappa shape index (κ3) is 6.60. The molecule has 206 valence electrons. The highest BCUT2D eigenvalue weighted by Crippen LogP contribution is 2.39. The van der Waals surface area contributed by atoms with Gasteiger partial charge in [0, 0.05) is 29.3 Å². The van der Waals surface area contributed by atoms with Gasteiger partial charge < -0.3 is 28.6 Å². The van der Waals surface area contributed by atoms with E-state index in [9.17, 15) is 4.79 Å². The van der Waals surface area contributed by atoms with Crippen LogP contribution in [0.1, 0.15) is 30.4 Å². The van der Waals surface area contributed by atoms with Crippen LogP contribution in [0.5, 0.6) is 23.0 Å². The van der Waals surface area contributed by atoms with Gasteiger partial charge in [0.15, 0.2) is 11.5 Å². The van der Waals surface area contributed by atoms with E-state index in [1.54, 1.807) is 14.2 Å². The lowest BCUT2D eigenvalue weighted by molar-refractivity contribution is -0.131. The highest BCUT2D eigenvalue weighted by Gasteiger charge is 2.25. The summed E-state index contributed by atoms with van der Waals surface area (Å²) < 4.78 is 29.3. The lowest BCUT2D eigenvalue weighted by Gasteiger charge is -2.24. The number of carbonyl (C=O) groups is 1. The van der Waals surface area contributed by atoms with Crippen molar-refractivity contribution in [3.8, 4) is 34.1 Å². The molecule has 0 radical (unpaired) electrons. The number of nitrogens with zero attached hydrogens (tertiary/aromatic N) is 1. The van der Waals surface area contributed by atoms with Gasteiger partial charge >= 0.3 is 0 Å². The van der Waals surface area contributed by atoms with Crippen LogP contribution < -0.4 is 18.9 Å². The van der Waals surface area contributed by atoms with Gasteiger partial charge in [-0.1, -0.05) is 23.7 Å². The van der Waals surface area contributed by atoms with Crippen LogP contribution in [0.25, 0.3) is 11.1 Å². The normalized spacial score (nSPS) is 17.0. The third-order valence-electron chi connectivity index (χ3n) is 7.14. The van der Waals surface area contributed by atoms with E-state index < -0.39 is 0 Å². The Morgan fingerprint density at radius 2 is 1.90 bits per heavy atom. The van der Waals surface area contributed by atoms with Crippen LogP contribution in [-0.2, 0) is 22.5 Å². The first-order valence-electron chi connectivity index (χ1n) is 13.3. The van der Waals surface area contributed by atoms with Crippen molar-refractivity contribution in [1.82, 2.24) is 4.90 Å². The minimum absolute atomic E-state index is 0.0239. The molecule has 3 aromatic carbocycles. The monoisotopic (exact) mass is 551 g/mol. The molecule has 1 unspecified atom stereocenters. The van der Waals surface area contributed by atoms with Crippen molar-refractivity contribution in [3.63, 3.8) is 0 Å². The van der Waals surface area contributed by atoms with Crippen LogP contribution in [0, 0.1) is 0 Å². The molecule has 1 amide bonds. The molecular weight excluding hydrogens is 518 g/mol. The molecule has 5 rings (SSSR count). The number of rotatable bonds is 8. The maximum atomic E-state index is 13.5. The number of halogens is 1. The van der Waals surface area contributed by atoms with E-state index in [1.807, 2.05) is 53.4 Å². The van der Waals surface area contributed by atoms with Crippen LogP contribution in [0.15, 0.2) is 54.6 Å². The Morgan fingerprint density at radius 1 is 1.00 bits per heavy atom. The van der Waals surface area contributed by atoms with Crippen LogP contribution in [0.2, 0.25) is 5.02 Å².